The number of fused-ring (bicyclic) bond motifs is 2. The second kappa shape index (κ2) is 5.60. The Balaban J connectivity index is 1.92. The van der Waals surface area contributed by atoms with Gasteiger partial charge in [-0.15, -0.1) is 23.1 Å². The fourth-order valence-corrected chi connectivity index (χ4v) is 5.79. The minimum atomic E-state index is -0.468. The molecule has 3 heterocycles. The summed E-state index contributed by atoms with van der Waals surface area (Å²) in [6, 6.07) is 6.67. The van der Waals surface area contributed by atoms with E-state index in [1.165, 1.54) is 20.5 Å². The predicted molar refractivity (Wildman–Crippen MR) is 98.8 cm³/mol. The van der Waals surface area contributed by atoms with Crippen molar-refractivity contribution in [2.24, 2.45) is 4.99 Å². The molecule has 22 heavy (non-hydrogen) atoms. The van der Waals surface area contributed by atoms with Crippen LogP contribution in [-0.2, 0) is 0 Å². The highest BCUT2D eigenvalue weighted by molar-refractivity contribution is 8.17. The molecule has 0 bridgehead atoms. The number of rotatable bonds is 3. The van der Waals surface area contributed by atoms with Gasteiger partial charge in [-0.25, -0.2) is 0 Å². The molecular formula is C16H16N2OS3. The molecule has 0 spiro atoms. The highest BCUT2D eigenvalue weighted by Gasteiger charge is 2.35. The van der Waals surface area contributed by atoms with E-state index in [-0.39, 0.29) is 0 Å². The molecule has 1 aromatic heterocycles. The molecule has 3 nitrogen and oxygen atoms in total. The van der Waals surface area contributed by atoms with Crippen LogP contribution < -0.4 is 0 Å². The lowest BCUT2D eigenvalue weighted by Gasteiger charge is -2.19. The third kappa shape index (κ3) is 2.21. The summed E-state index contributed by atoms with van der Waals surface area (Å²) in [6.45, 7) is 3.59. The van der Waals surface area contributed by atoms with Gasteiger partial charge in [-0.2, -0.15) is 0 Å². The first-order valence-electron chi connectivity index (χ1n) is 7.16. The van der Waals surface area contributed by atoms with Gasteiger partial charge >= 0.3 is 0 Å². The third-order valence-corrected chi connectivity index (χ3v) is 7.04. The van der Waals surface area contributed by atoms with E-state index in [0.717, 1.165) is 28.9 Å². The molecule has 1 aromatic carbocycles. The van der Waals surface area contributed by atoms with Gasteiger partial charge in [0.25, 0.3) is 0 Å². The molecule has 1 N–H and O–H groups in total. The Bertz CT molecular complexity index is 807. The molecule has 0 saturated carbocycles. The number of aliphatic imine (C=N–C) groups is 1. The molecule has 6 heteroatoms. The third-order valence-electron chi connectivity index (χ3n) is 3.90. The van der Waals surface area contributed by atoms with Gasteiger partial charge in [0.15, 0.2) is 5.17 Å². The van der Waals surface area contributed by atoms with Crippen molar-refractivity contribution < 1.29 is 5.11 Å². The first-order chi connectivity index (χ1) is 10.7. The summed E-state index contributed by atoms with van der Waals surface area (Å²) in [5.41, 5.74) is 2.32. The number of hydrogen-bond donors (Lipinski definition) is 1. The smallest absolute Gasteiger partial charge is 0.168 e. The van der Waals surface area contributed by atoms with Crippen LogP contribution in [0.25, 0.3) is 15.8 Å². The van der Waals surface area contributed by atoms with E-state index in [9.17, 15) is 5.11 Å². The van der Waals surface area contributed by atoms with Crippen LogP contribution >= 0.6 is 34.9 Å². The molecule has 2 aliphatic heterocycles. The van der Waals surface area contributed by atoms with Crippen molar-refractivity contribution >= 4 is 55.8 Å². The average molecular weight is 349 g/mol. The van der Waals surface area contributed by atoms with Gasteiger partial charge in [-0.05, 0) is 42.1 Å². The van der Waals surface area contributed by atoms with Crippen LogP contribution in [-0.4, -0.2) is 40.6 Å². The summed E-state index contributed by atoms with van der Waals surface area (Å²) in [4.78, 5) is 9.12. The number of nitrogens with zero attached hydrogens (tertiary/aromatic N) is 2. The Morgan fingerprint density at radius 3 is 3.05 bits per heavy atom. The molecule has 1 unspecified atom stereocenters. The quantitative estimate of drug-likeness (QED) is 0.848. The average Bonchev–Trinajstić information content (AvgIpc) is 3.19. The number of thiophene rings is 1. The summed E-state index contributed by atoms with van der Waals surface area (Å²) < 4.78 is 1.34. The Morgan fingerprint density at radius 2 is 2.27 bits per heavy atom. The van der Waals surface area contributed by atoms with Crippen LogP contribution in [0.15, 0.2) is 38.4 Å². The van der Waals surface area contributed by atoms with E-state index >= 15 is 0 Å². The van der Waals surface area contributed by atoms with Crippen molar-refractivity contribution in [1.82, 2.24) is 4.90 Å². The highest BCUT2D eigenvalue weighted by atomic mass is 32.2. The number of aliphatic hydroxyl groups is 1. The van der Waals surface area contributed by atoms with E-state index in [4.69, 9.17) is 0 Å². The molecular weight excluding hydrogens is 332 g/mol. The van der Waals surface area contributed by atoms with Gasteiger partial charge in [-0.3, -0.25) is 4.99 Å². The zero-order valence-electron chi connectivity index (χ0n) is 12.4. The summed E-state index contributed by atoms with van der Waals surface area (Å²) in [5.74, 6) is 0. The fourth-order valence-electron chi connectivity index (χ4n) is 2.92. The zero-order chi connectivity index (χ0) is 15.3. The normalized spacial score (nSPS) is 19.0. The van der Waals surface area contributed by atoms with Crippen molar-refractivity contribution in [2.75, 3.05) is 19.3 Å². The predicted octanol–water partition coefficient (Wildman–Crippen LogP) is 4.09. The van der Waals surface area contributed by atoms with Crippen LogP contribution in [0.2, 0.25) is 0 Å². The molecule has 0 saturated heterocycles. The summed E-state index contributed by atoms with van der Waals surface area (Å²) in [7, 11) is 0. The Kier molecular flexibility index (Phi) is 3.72. The minimum absolute atomic E-state index is 0.468. The van der Waals surface area contributed by atoms with Crippen LogP contribution in [0.1, 0.15) is 12.5 Å². The van der Waals surface area contributed by atoms with Crippen LogP contribution in [0, 0.1) is 0 Å². The number of thioether (sulfide) groups is 2. The van der Waals surface area contributed by atoms with E-state index in [0.29, 0.717) is 0 Å². The van der Waals surface area contributed by atoms with Crippen molar-refractivity contribution in [3.05, 3.63) is 34.0 Å². The van der Waals surface area contributed by atoms with Gasteiger partial charge < -0.3 is 10.0 Å². The van der Waals surface area contributed by atoms with Crippen LogP contribution in [0.5, 0.6) is 0 Å². The van der Waals surface area contributed by atoms with Crippen LogP contribution in [0.3, 0.4) is 0 Å². The topological polar surface area (TPSA) is 35.8 Å². The van der Waals surface area contributed by atoms with Gasteiger partial charge in [0, 0.05) is 26.6 Å². The lowest BCUT2D eigenvalue weighted by Crippen LogP contribution is -2.20. The van der Waals surface area contributed by atoms with Crippen molar-refractivity contribution in [2.45, 2.75) is 17.9 Å². The maximum absolute atomic E-state index is 10.2. The van der Waals surface area contributed by atoms with Crippen LogP contribution in [0.4, 0.5) is 0 Å². The molecule has 4 rings (SSSR count). The molecule has 2 aliphatic rings. The second-order valence-corrected chi connectivity index (χ2v) is 8.10. The van der Waals surface area contributed by atoms with Crippen molar-refractivity contribution in [3.8, 4) is 0 Å². The summed E-state index contributed by atoms with van der Waals surface area (Å²) in [5, 5.41) is 14.6. The van der Waals surface area contributed by atoms with E-state index in [1.807, 2.05) is 6.92 Å². The molecule has 0 aliphatic carbocycles. The second-order valence-electron chi connectivity index (χ2n) is 5.32. The molecule has 1 atom stereocenters. The molecule has 0 amide bonds. The lowest BCUT2D eigenvalue weighted by atomic mass is 10.1. The number of benzene rings is 1. The fraction of sp³-hybridized carbons (Fsp3) is 0.312. The van der Waals surface area contributed by atoms with E-state index in [2.05, 4.69) is 39.7 Å². The van der Waals surface area contributed by atoms with E-state index < -0.39 is 6.10 Å². The maximum Gasteiger partial charge on any atom is 0.168 e. The van der Waals surface area contributed by atoms with Crippen molar-refractivity contribution in [1.29, 1.82) is 0 Å². The Labute approximate surface area is 142 Å². The van der Waals surface area contributed by atoms with Gasteiger partial charge in [-0.1, -0.05) is 11.8 Å². The SMILES string of the molecule is CSc1cc(C2=C(C(C)O)SC3=NCCN32)cc2ccsc12. The van der Waals surface area contributed by atoms with Gasteiger partial charge in [0.2, 0.25) is 0 Å². The monoisotopic (exact) mass is 348 g/mol. The summed E-state index contributed by atoms with van der Waals surface area (Å²) >= 11 is 5.18. The highest BCUT2D eigenvalue weighted by Crippen LogP contribution is 2.45. The molecule has 2 aromatic rings. The Hall–Kier alpha value is -0.950. The largest absolute Gasteiger partial charge is 0.388 e. The minimum Gasteiger partial charge on any atom is -0.388 e. The standard InChI is InChI=1S/C16H16N2OS3/c1-9(19)14-13(18-5-4-17-16(18)22-14)11-7-10-3-6-21-15(10)12(8-11)20-2/h3,6-9,19H,4-5H2,1-2H3. The zero-order valence-corrected chi connectivity index (χ0v) is 14.8. The maximum atomic E-state index is 10.2. The van der Waals surface area contributed by atoms with Gasteiger partial charge in [0.1, 0.15) is 0 Å². The Morgan fingerprint density at radius 1 is 1.41 bits per heavy atom. The van der Waals surface area contributed by atoms with E-state index in [1.54, 1.807) is 34.9 Å². The molecule has 114 valence electrons. The van der Waals surface area contributed by atoms with Crippen molar-refractivity contribution in [3.63, 3.8) is 0 Å². The summed E-state index contributed by atoms with van der Waals surface area (Å²) in [6.07, 6.45) is 1.65. The first kappa shape index (κ1) is 14.6. The lowest BCUT2D eigenvalue weighted by molar-refractivity contribution is 0.240. The number of hydrogen-bond acceptors (Lipinski definition) is 6. The first-order valence-corrected chi connectivity index (χ1v) is 10.1. The molecule has 0 fully saturated rings. The number of aliphatic hydroxyl groups excluding tert-OH is 1. The number of amidine groups is 1. The molecule has 0 radical (unpaired) electrons. The van der Waals surface area contributed by atoms with Gasteiger partial charge in [0.05, 0.1) is 18.3 Å².